The summed E-state index contributed by atoms with van der Waals surface area (Å²) in [6.07, 6.45) is 3.98. The van der Waals surface area contributed by atoms with Crippen LogP contribution in [0.4, 0.5) is 4.79 Å². The van der Waals surface area contributed by atoms with Crippen LogP contribution in [0, 0.1) is 0 Å². The third kappa shape index (κ3) is 25.2. The highest BCUT2D eigenvalue weighted by Gasteiger charge is 2.01. The van der Waals surface area contributed by atoms with Gasteiger partial charge in [-0.2, -0.15) is 0 Å². The molecule has 100 valence electrons. The van der Waals surface area contributed by atoms with E-state index in [1.165, 1.54) is 0 Å². The van der Waals surface area contributed by atoms with E-state index < -0.39 is 12.1 Å². The quantitative estimate of drug-likeness (QED) is 0.331. The fourth-order valence-electron chi connectivity index (χ4n) is 0.819. The van der Waals surface area contributed by atoms with E-state index in [0.29, 0.717) is 19.8 Å². The molecule has 0 fully saturated rings. The Labute approximate surface area is 102 Å². The van der Waals surface area contributed by atoms with Gasteiger partial charge in [0.25, 0.3) is 0 Å². The minimum absolute atomic E-state index is 0.354. The molecule has 6 heteroatoms. The van der Waals surface area contributed by atoms with E-state index in [1.54, 1.807) is 6.08 Å². The van der Waals surface area contributed by atoms with Crippen molar-refractivity contribution < 1.29 is 14.6 Å². The molecule has 0 aromatic heterocycles. The van der Waals surface area contributed by atoms with Gasteiger partial charge in [-0.15, -0.1) is 13.2 Å². The summed E-state index contributed by atoms with van der Waals surface area (Å²) in [5.74, 6) is 0. The van der Waals surface area contributed by atoms with Crippen molar-refractivity contribution in [3.63, 3.8) is 0 Å². The van der Waals surface area contributed by atoms with Crippen LogP contribution in [0.25, 0.3) is 0 Å². The van der Waals surface area contributed by atoms with E-state index >= 15 is 0 Å². The summed E-state index contributed by atoms with van der Waals surface area (Å²) in [5.41, 5.74) is 8.50. The Kier molecular flexibility index (Phi) is 15.5. The standard InChI is InChI=1S/C10H19NO2.CH4N2O/c1-3-5-6-11-8-10(12)9-13-7-4-2;2-1(3)4/h3-4,10-12H,1-2,5-9H2;(H4,2,3,4). The first-order valence-electron chi connectivity index (χ1n) is 5.27. The molecule has 0 bridgehead atoms. The minimum atomic E-state index is -0.833. The topological polar surface area (TPSA) is 111 Å². The highest BCUT2D eigenvalue weighted by Crippen LogP contribution is 1.84. The molecule has 0 aromatic rings. The molecule has 0 aliphatic carbocycles. The van der Waals surface area contributed by atoms with Gasteiger partial charge < -0.3 is 26.6 Å². The lowest BCUT2D eigenvalue weighted by Crippen LogP contribution is -2.30. The predicted molar refractivity (Wildman–Crippen MR) is 68.5 cm³/mol. The van der Waals surface area contributed by atoms with Gasteiger partial charge in [0.05, 0.1) is 19.3 Å². The molecule has 0 radical (unpaired) electrons. The molecular weight excluding hydrogens is 222 g/mol. The second kappa shape index (κ2) is 14.6. The van der Waals surface area contributed by atoms with Gasteiger partial charge >= 0.3 is 6.03 Å². The fourth-order valence-corrected chi connectivity index (χ4v) is 0.819. The molecule has 0 saturated carbocycles. The van der Waals surface area contributed by atoms with Crippen LogP contribution in [0.2, 0.25) is 0 Å². The molecule has 0 aliphatic rings. The van der Waals surface area contributed by atoms with Crippen LogP contribution in [0.5, 0.6) is 0 Å². The van der Waals surface area contributed by atoms with Crippen molar-refractivity contribution in [3.8, 4) is 0 Å². The summed E-state index contributed by atoms with van der Waals surface area (Å²) >= 11 is 0. The monoisotopic (exact) mass is 245 g/mol. The lowest BCUT2D eigenvalue weighted by molar-refractivity contribution is 0.0497. The van der Waals surface area contributed by atoms with Gasteiger partial charge in [0.15, 0.2) is 0 Å². The van der Waals surface area contributed by atoms with Crippen molar-refractivity contribution in [1.82, 2.24) is 5.32 Å². The SMILES string of the molecule is C=CCCNCC(O)COCC=C.NC(N)=O. The Bertz CT molecular complexity index is 206. The lowest BCUT2D eigenvalue weighted by Gasteiger charge is -2.10. The molecule has 0 heterocycles. The number of amides is 2. The molecule has 0 rings (SSSR count). The molecule has 2 amide bonds. The highest BCUT2D eigenvalue weighted by molar-refractivity contribution is 5.69. The highest BCUT2D eigenvalue weighted by atomic mass is 16.5. The maximum atomic E-state index is 9.33. The first kappa shape index (κ1) is 18.0. The van der Waals surface area contributed by atoms with E-state index in [0.717, 1.165) is 13.0 Å². The summed E-state index contributed by atoms with van der Waals surface area (Å²) in [7, 11) is 0. The summed E-state index contributed by atoms with van der Waals surface area (Å²) in [5, 5.41) is 12.4. The number of rotatable bonds is 9. The third-order valence-electron chi connectivity index (χ3n) is 1.45. The van der Waals surface area contributed by atoms with Crippen molar-refractivity contribution >= 4 is 6.03 Å². The van der Waals surface area contributed by atoms with Crippen molar-refractivity contribution in [2.45, 2.75) is 12.5 Å². The zero-order valence-corrected chi connectivity index (χ0v) is 10.1. The summed E-state index contributed by atoms with van der Waals surface area (Å²) in [6, 6.07) is -0.833. The molecule has 6 nitrogen and oxygen atoms in total. The Morgan fingerprint density at radius 3 is 2.47 bits per heavy atom. The largest absolute Gasteiger partial charge is 0.389 e. The van der Waals surface area contributed by atoms with Crippen LogP contribution < -0.4 is 16.8 Å². The van der Waals surface area contributed by atoms with Crippen LogP contribution in [0.15, 0.2) is 25.3 Å². The number of nitrogens with two attached hydrogens (primary N) is 2. The van der Waals surface area contributed by atoms with Gasteiger partial charge in [0, 0.05) is 6.54 Å². The Morgan fingerprint density at radius 2 is 2.00 bits per heavy atom. The van der Waals surface area contributed by atoms with Crippen LogP contribution in [-0.2, 0) is 4.74 Å². The van der Waals surface area contributed by atoms with E-state index in [1.807, 2.05) is 6.08 Å². The van der Waals surface area contributed by atoms with E-state index in [9.17, 15) is 5.11 Å². The number of carbonyl (C=O) groups excluding carboxylic acids is 1. The number of urea groups is 1. The molecule has 0 aromatic carbocycles. The summed E-state index contributed by atoms with van der Waals surface area (Å²) in [4.78, 5) is 9.00. The molecule has 0 saturated heterocycles. The zero-order chi connectivity index (χ0) is 13.5. The van der Waals surface area contributed by atoms with Crippen molar-refractivity contribution in [3.05, 3.63) is 25.3 Å². The first-order valence-corrected chi connectivity index (χ1v) is 5.27. The van der Waals surface area contributed by atoms with E-state index in [-0.39, 0.29) is 0 Å². The van der Waals surface area contributed by atoms with Crippen molar-refractivity contribution in [2.75, 3.05) is 26.3 Å². The number of primary amides is 2. The Morgan fingerprint density at radius 1 is 1.41 bits per heavy atom. The molecule has 0 aliphatic heterocycles. The molecule has 0 spiro atoms. The average Bonchev–Trinajstić information content (AvgIpc) is 2.24. The zero-order valence-electron chi connectivity index (χ0n) is 10.1. The minimum Gasteiger partial charge on any atom is -0.389 e. The number of nitrogens with one attached hydrogen (secondary N) is 1. The average molecular weight is 245 g/mol. The molecule has 6 N–H and O–H groups in total. The summed E-state index contributed by atoms with van der Waals surface area (Å²) < 4.78 is 5.07. The molecule has 1 atom stereocenters. The number of aliphatic hydroxyl groups excluding tert-OH is 1. The number of ether oxygens (including phenoxy) is 1. The van der Waals surface area contributed by atoms with Gasteiger partial charge in [0.1, 0.15) is 0 Å². The first-order chi connectivity index (χ1) is 8.04. The van der Waals surface area contributed by atoms with Gasteiger partial charge in [-0.05, 0) is 13.0 Å². The second-order valence-electron chi connectivity index (χ2n) is 3.16. The maximum absolute atomic E-state index is 9.33. The normalized spacial score (nSPS) is 10.9. The van der Waals surface area contributed by atoms with E-state index in [2.05, 4.69) is 29.9 Å². The van der Waals surface area contributed by atoms with E-state index in [4.69, 9.17) is 9.53 Å². The maximum Gasteiger partial charge on any atom is 0.309 e. The van der Waals surface area contributed by atoms with Gasteiger partial charge in [-0.25, -0.2) is 4.79 Å². The lowest BCUT2D eigenvalue weighted by atomic mass is 10.3. The number of aliphatic hydroxyl groups is 1. The van der Waals surface area contributed by atoms with Crippen LogP contribution >= 0.6 is 0 Å². The third-order valence-corrected chi connectivity index (χ3v) is 1.45. The number of carbonyl (C=O) groups is 1. The second-order valence-corrected chi connectivity index (χ2v) is 3.16. The predicted octanol–water partition coefficient (Wildman–Crippen LogP) is -0.261. The van der Waals surface area contributed by atoms with Crippen molar-refractivity contribution in [1.29, 1.82) is 0 Å². The van der Waals surface area contributed by atoms with Gasteiger partial charge in [-0.1, -0.05) is 12.2 Å². The fraction of sp³-hybridized carbons (Fsp3) is 0.545. The molecule has 17 heavy (non-hydrogen) atoms. The number of hydrogen-bond acceptors (Lipinski definition) is 4. The summed E-state index contributed by atoms with van der Waals surface area (Å²) in [6.45, 7) is 9.36. The molecule has 1 unspecified atom stereocenters. The smallest absolute Gasteiger partial charge is 0.309 e. The molecular formula is C11H23N3O3. The Balaban J connectivity index is 0. The van der Waals surface area contributed by atoms with Gasteiger partial charge in [0.2, 0.25) is 0 Å². The van der Waals surface area contributed by atoms with Crippen molar-refractivity contribution in [2.24, 2.45) is 11.5 Å². The van der Waals surface area contributed by atoms with Gasteiger partial charge in [-0.3, -0.25) is 0 Å². The van der Waals surface area contributed by atoms with Crippen LogP contribution in [0.1, 0.15) is 6.42 Å². The van der Waals surface area contributed by atoms with Crippen LogP contribution in [-0.4, -0.2) is 43.5 Å². The van der Waals surface area contributed by atoms with Crippen LogP contribution in [0.3, 0.4) is 0 Å². The number of hydrogen-bond donors (Lipinski definition) is 4. The Hall–Kier alpha value is -1.37.